The molecule has 2 radical (unpaired) electrons. The Kier molecular flexibility index (Phi) is 5.60. The van der Waals surface area contributed by atoms with Crippen LogP contribution in [0.25, 0.3) is 0 Å². The van der Waals surface area contributed by atoms with Crippen LogP contribution in [-0.4, -0.2) is 7.85 Å². The molecule has 0 rings (SSSR count). The molecule has 0 bridgehead atoms. The molecule has 0 nitrogen and oxygen atoms in total. The predicted molar refractivity (Wildman–Crippen MR) is 39.2 cm³/mol. The second-order valence-corrected chi connectivity index (χ2v) is 1.06. The fraction of sp³-hybridized carbons (Fsp3) is 0.125. The molecule has 0 saturated carbocycles. The summed E-state index contributed by atoms with van der Waals surface area (Å²) in [6.07, 6.45) is 0.340. The largest absolute Gasteiger partial charge is 0.284 e. The molecule has 0 aliphatic heterocycles. The van der Waals surface area contributed by atoms with Crippen molar-refractivity contribution in [1.82, 2.24) is 0 Å². The summed E-state index contributed by atoms with van der Waals surface area (Å²) in [5.74, 6) is 14.8. The molecule has 0 amide bonds. The van der Waals surface area contributed by atoms with Crippen molar-refractivity contribution in [2.24, 2.45) is 0 Å². The Bertz CT molecular complexity index is 231. The van der Waals surface area contributed by atoms with Crippen molar-refractivity contribution in [3.05, 3.63) is 6.92 Å². The number of hydrogen-bond acceptors (Lipinski definition) is 0. The summed E-state index contributed by atoms with van der Waals surface area (Å²) in [5, 5.41) is 0. The van der Waals surface area contributed by atoms with Crippen molar-refractivity contribution in [2.75, 3.05) is 0 Å². The topological polar surface area (TPSA) is 0 Å². The Hall–Kier alpha value is -1.39. The molecule has 9 heavy (non-hydrogen) atoms. The minimum atomic E-state index is 0.340. The Morgan fingerprint density at radius 1 is 1.11 bits per heavy atom. The van der Waals surface area contributed by atoms with E-state index in [4.69, 9.17) is 7.85 Å². The molecule has 0 unspecified atom stereocenters. The molecule has 0 aromatic carbocycles. The van der Waals surface area contributed by atoms with Gasteiger partial charge in [-0.15, -0.1) is 5.92 Å². The van der Waals surface area contributed by atoms with Gasteiger partial charge in [0, 0.05) is 0 Å². The molecule has 0 spiro atoms. The van der Waals surface area contributed by atoms with Gasteiger partial charge in [-0.25, -0.2) is 5.92 Å². The highest BCUT2D eigenvalue weighted by Crippen LogP contribution is 1.60. The summed E-state index contributed by atoms with van der Waals surface area (Å²) in [5.41, 5.74) is 0. The van der Waals surface area contributed by atoms with Gasteiger partial charge in [-0.05, 0) is 18.2 Å². The molecule has 0 N–H and O–H groups in total. The quantitative estimate of drug-likeness (QED) is 0.241. The van der Waals surface area contributed by atoms with Gasteiger partial charge in [0.25, 0.3) is 0 Å². The van der Waals surface area contributed by atoms with E-state index in [-0.39, 0.29) is 0 Å². The first-order valence-corrected chi connectivity index (χ1v) is 2.37. The van der Waals surface area contributed by atoms with Crippen LogP contribution in [0.2, 0.25) is 6.32 Å². The maximum atomic E-state index is 5.05. The van der Waals surface area contributed by atoms with Gasteiger partial charge >= 0.3 is 0 Å². The van der Waals surface area contributed by atoms with Crippen molar-refractivity contribution in [1.29, 1.82) is 0 Å². The Morgan fingerprint density at radius 2 is 1.78 bits per heavy atom. The van der Waals surface area contributed by atoms with Gasteiger partial charge in [0.2, 0.25) is 0 Å². The lowest BCUT2D eigenvalue weighted by atomic mass is 10.1. The maximum absolute atomic E-state index is 5.05. The van der Waals surface area contributed by atoms with Crippen molar-refractivity contribution in [2.45, 2.75) is 6.32 Å². The minimum absolute atomic E-state index is 0.340. The first-order chi connectivity index (χ1) is 4.41. The van der Waals surface area contributed by atoms with Gasteiger partial charge in [0.05, 0.1) is 7.85 Å². The zero-order valence-corrected chi connectivity index (χ0v) is 4.99. The van der Waals surface area contributed by atoms with E-state index in [9.17, 15) is 0 Å². The maximum Gasteiger partial charge on any atom is 0.0828 e. The van der Waals surface area contributed by atoms with Crippen molar-refractivity contribution >= 4 is 7.85 Å². The van der Waals surface area contributed by atoms with Gasteiger partial charge in [0.1, 0.15) is 0 Å². The van der Waals surface area contributed by atoms with E-state index in [0.717, 1.165) is 0 Å². The second kappa shape index (κ2) is 6.61. The van der Waals surface area contributed by atoms with Crippen LogP contribution in [0.15, 0.2) is 0 Å². The van der Waals surface area contributed by atoms with Crippen LogP contribution in [0.4, 0.5) is 0 Å². The standard InChI is InChI=1S/C8H4B/c1-2-3-4-5-6-7-8-9/h1,8H2/q-1. The van der Waals surface area contributed by atoms with Crippen molar-refractivity contribution < 1.29 is 0 Å². The van der Waals surface area contributed by atoms with E-state index < -0.39 is 0 Å². The van der Waals surface area contributed by atoms with Gasteiger partial charge in [-0.2, -0.15) is 6.92 Å². The fourth-order valence-electron chi connectivity index (χ4n) is 0.202. The van der Waals surface area contributed by atoms with Crippen LogP contribution in [-0.2, 0) is 0 Å². The first-order valence-electron chi connectivity index (χ1n) is 2.37. The van der Waals surface area contributed by atoms with E-state index in [1.807, 2.05) is 0 Å². The van der Waals surface area contributed by atoms with Crippen molar-refractivity contribution in [3.8, 4) is 35.5 Å². The summed E-state index contributed by atoms with van der Waals surface area (Å²) in [6, 6.07) is 0. The lowest BCUT2D eigenvalue weighted by Gasteiger charge is -1.66. The van der Waals surface area contributed by atoms with Gasteiger partial charge in [-0.1, -0.05) is 5.92 Å². The van der Waals surface area contributed by atoms with Crippen LogP contribution in [0.1, 0.15) is 0 Å². The average Bonchev–Trinajstić information content (AvgIpc) is 1.89. The van der Waals surface area contributed by atoms with Gasteiger partial charge in [-0.3, -0.25) is 5.92 Å². The van der Waals surface area contributed by atoms with E-state index in [1.165, 1.54) is 0 Å². The first kappa shape index (κ1) is 7.61. The SMILES string of the molecule is [B]CC#CC#CC#C[CH2-]. The summed E-state index contributed by atoms with van der Waals surface area (Å²) in [7, 11) is 5.05. The third-order valence-corrected chi connectivity index (χ3v) is 0.466. The molecular formula is C8H4B-. The monoisotopic (exact) mass is 111 g/mol. The summed E-state index contributed by atoms with van der Waals surface area (Å²) < 4.78 is 0. The molecule has 0 saturated heterocycles. The summed E-state index contributed by atoms with van der Waals surface area (Å²) in [4.78, 5) is 0. The number of rotatable bonds is 0. The van der Waals surface area contributed by atoms with E-state index >= 15 is 0 Å². The molecule has 0 heterocycles. The van der Waals surface area contributed by atoms with Crippen molar-refractivity contribution in [3.63, 3.8) is 0 Å². The lowest BCUT2D eigenvalue weighted by Crippen LogP contribution is -1.56. The molecule has 0 aliphatic carbocycles. The number of hydrogen-bond donors (Lipinski definition) is 0. The molecule has 0 aromatic heterocycles. The van der Waals surface area contributed by atoms with Crippen LogP contribution in [0, 0.1) is 42.4 Å². The summed E-state index contributed by atoms with van der Waals surface area (Å²) in [6.45, 7) is 3.27. The molecule has 0 aliphatic rings. The van der Waals surface area contributed by atoms with E-state index in [2.05, 4.69) is 42.4 Å². The Labute approximate surface area is 57.4 Å². The predicted octanol–water partition coefficient (Wildman–Crippen LogP) is 0.417. The van der Waals surface area contributed by atoms with Crippen LogP contribution in [0.5, 0.6) is 0 Å². The zero-order valence-electron chi connectivity index (χ0n) is 4.99. The van der Waals surface area contributed by atoms with Crippen LogP contribution >= 0.6 is 0 Å². The average molecular weight is 111 g/mol. The highest BCUT2D eigenvalue weighted by Gasteiger charge is 1.53. The third-order valence-electron chi connectivity index (χ3n) is 0.466. The van der Waals surface area contributed by atoms with Gasteiger partial charge < -0.3 is 0 Å². The lowest BCUT2D eigenvalue weighted by molar-refractivity contribution is 1.88. The molecule has 1 heteroatoms. The second-order valence-electron chi connectivity index (χ2n) is 1.06. The van der Waals surface area contributed by atoms with Crippen LogP contribution < -0.4 is 0 Å². The molecular weight excluding hydrogens is 107 g/mol. The smallest absolute Gasteiger partial charge is 0.0828 e. The fourth-order valence-corrected chi connectivity index (χ4v) is 0.202. The normalized spacial score (nSPS) is 4.44. The van der Waals surface area contributed by atoms with Gasteiger partial charge in [0.15, 0.2) is 0 Å². The minimum Gasteiger partial charge on any atom is -0.284 e. The van der Waals surface area contributed by atoms with E-state index in [0.29, 0.717) is 6.32 Å². The Morgan fingerprint density at radius 3 is 2.33 bits per heavy atom. The van der Waals surface area contributed by atoms with E-state index in [1.54, 1.807) is 0 Å². The van der Waals surface area contributed by atoms with Crippen LogP contribution in [0.3, 0.4) is 0 Å². The Balaban J connectivity index is 3.71. The highest BCUT2D eigenvalue weighted by atomic mass is 13.5. The molecule has 0 aromatic rings. The molecule has 40 valence electrons. The molecule has 0 fully saturated rings. The third kappa shape index (κ3) is 6.61. The summed E-state index contributed by atoms with van der Waals surface area (Å²) >= 11 is 0. The molecule has 0 atom stereocenters. The zero-order chi connectivity index (χ0) is 6.95. The highest BCUT2D eigenvalue weighted by molar-refractivity contribution is 6.10.